The predicted octanol–water partition coefficient (Wildman–Crippen LogP) is 2.30. The lowest BCUT2D eigenvalue weighted by Crippen LogP contribution is -2.03. The molecule has 0 spiro atoms. The average molecular weight is 153 g/mol. The zero-order valence-corrected chi connectivity index (χ0v) is 7.26. The number of ketones is 1. The zero-order valence-electron chi connectivity index (χ0n) is 7.26. The molecule has 2 heteroatoms. The molecular formula is C9H15NO. The van der Waals surface area contributed by atoms with Crippen molar-refractivity contribution in [2.75, 3.05) is 0 Å². The van der Waals surface area contributed by atoms with Crippen LogP contribution in [-0.2, 0) is 4.79 Å². The van der Waals surface area contributed by atoms with Crippen molar-refractivity contribution in [3.63, 3.8) is 0 Å². The molecule has 0 heterocycles. The van der Waals surface area contributed by atoms with Crippen molar-refractivity contribution < 1.29 is 4.79 Å². The third kappa shape index (κ3) is 5.60. The van der Waals surface area contributed by atoms with Crippen LogP contribution >= 0.6 is 0 Å². The first kappa shape index (κ1) is 10.2. The first-order valence-corrected chi connectivity index (χ1v) is 4.09. The van der Waals surface area contributed by atoms with E-state index in [0.717, 1.165) is 19.3 Å². The van der Waals surface area contributed by atoms with Gasteiger partial charge in [0.05, 0.1) is 12.0 Å². The summed E-state index contributed by atoms with van der Waals surface area (Å²) >= 11 is 0. The smallest absolute Gasteiger partial charge is 0.131 e. The highest BCUT2D eigenvalue weighted by Gasteiger charge is 2.08. The number of rotatable bonds is 5. The molecule has 0 aliphatic heterocycles. The Morgan fingerprint density at radius 3 is 2.64 bits per heavy atom. The molecule has 0 aromatic rings. The fraction of sp³-hybridized carbons (Fsp3) is 0.778. The summed E-state index contributed by atoms with van der Waals surface area (Å²) < 4.78 is 0. The summed E-state index contributed by atoms with van der Waals surface area (Å²) in [7, 11) is 0. The molecule has 0 saturated heterocycles. The summed E-state index contributed by atoms with van der Waals surface area (Å²) in [5, 5.41) is 8.60. The number of unbranched alkanes of at least 4 members (excludes halogenated alkanes) is 1. The maximum atomic E-state index is 10.6. The molecule has 0 aliphatic carbocycles. The van der Waals surface area contributed by atoms with Crippen molar-refractivity contribution in [1.82, 2.24) is 0 Å². The number of hydrogen-bond acceptors (Lipinski definition) is 2. The highest BCUT2D eigenvalue weighted by molar-refractivity contribution is 5.76. The van der Waals surface area contributed by atoms with E-state index < -0.39 is 0 Å². The van der Waals surface area contributed by atoms with E-state index in [9.17, 15) is 4.79 Å². The van der Waals surface area contributed by atoms with Gasteiger partial charge in [-0.05, 0) is 13.3 Å². The SMILES string of the molecule is CCCCC(C#N)CC(C)=O. The van der Waals surface area contributed by atoms with Crippen LogP contribution in [0.3, 0.4) is 0 Å². The van der Waals surface area contributed by atoms with Crippen LogP contribution in [0.4, 0.5) is 0 Å². The van der Waals surface area contributed by atoms with E-state index in [0.29, 0.717) is 6.42 Å². The normalized spacial score (nSPS) is 12.1. The van der Waals surface area contributed by atoms with E-state index in [4.69, 9.17) is 5.26 Å². The molecule has 0 aromatic carbocycles. The van der Waals surface area contributed by atoms with Gasteiger partial charge in [-0.3, -0.25) is 4.79 Å². The largest absolute Gasteiger partial charge is 0.300 e. The second-order valence-corrected chi connectivity index (χ2v) is 2.87. The van der Waals surface area contributed by atoms with Gasteiger partial charge in [0.2, 0.25) is 0 Å². The minimum Gasteiger partial charge on any atom is -0.300 e. The molecular weight excluding hydrogens is 138 g/mol. The Bertz CT molecular complexity index is 157. The number of Topliss-reactive ketones (excluding diaryl/α,β-unsaturated/α-hetero) is 1. The van der Waals surface area contributed by atoms with Gasteiger partial charge in [-0.1, -0.05) is 19.8 Å². The molecule has 11 heavy (non-hydrogen) atoms. The molecule has 0 amide bonds. The molecule has 0 fully saturated rings. The number of carbonyl (C=O) groups is 1. The van der Waals surface area contributed by atoms with E-state index >= 15 is 0 Å². The van der Waals surface area contributed by atoms with E-state index in [1.807, 2.05) is 0 Å². The maximum absolute atomic E-state index is 10.6. The van der Waals surface area contributed by atoms with Crippen molar-refractivity contribution in [2.24, 2.45) is 5.92 Å². The van der Waals surface area contributed by atoms with Crippen LogP contribution in [0.15, 0.2) is 0 Å². The summed E-state index contributed by atoms with van der Waals surface area (Å²) in [5.41, 5.74) is 0. The summed E-state index contributed by atoms with van der Waals surface area (Å²) in [6.45, 7) is 3.62. The number of nitrogens with zero attached hydrogens (tertiary/aromatic N) is 1. The highest BCUT2D eigenvalue weighted by atomic mass is 16.1. The second kappa shape index (κ2) is 5.91. The van der Waals surface area contributed by atoms with E-state index in [1.54, 1.807) is 0 Å². The maximum Gasteiger partial charge on any atom is 0.131 e. The van der Waals surface area contributed by atoms with Crippen LogP contribution in [0.5, 0.6) is 0 Å². The highest BCUT2D eigenvalue weighted by Crippen LogP contribution is 2.11. The molecule has 0 radical (unpaired) electrons. The Hall–Kier alpha value is -0.840. The molecule has 62 valence electrons. The van der Waals surface area contributed by atoms with Crippen LogP contribution < -0.4 is 0 Å². The number of carbonyl (C=O) groups excluding carboxylic acids is 1. The van der Waals surface area contributed by atoms with E-state index in [1.165, 1.54) is 6.92 Å². The van der Waals surface area contributed by atoms with Gasteiger partial charge in [-0.2, -0.15) is 5.26 Å². The summed E-state index contributed by atoms with van der Waals surface area (Å²) in [4.78, 5) is 10.6. The lowest BCUT2D eigenvalue weighted by molar-refractivity contribution is -0.117. The quantitative estimate of drug-likeness (QED) is 0.608. The van der Waals surface area contributed by atoms with Crippen molar-refractivity contribution in [2.45, 2.75) is 39.5 Å². The van der Waals surface area contributed by atoms with Gasteiger partial charge in [0.15, 0.2) is 0 Å². The molecule has 1 unspecified atom stereocenters. The fourth-order valence-corrected chi connectivity index (χ4v) is 1.01. The molecule has 0 aliphatic rings. The number of hydrogen-bond donors (Lipinski definition) is 0. The zero-order chi connectivity index (χ0) is 8.69. The van der Waals surface area contributed by atoms with Gasteiger partial charge >= 0.3 is 0 Å². The fourth-order valence-electron chi connectivity index (χ4n) is 1.01. The van der Waals surface area contributed by atoms with Crippen LogP contribution in [-0.4, -0.2) is 5.78 Å². The minimum atomic E-state index is -0.0487. The Kier molecular flexibility index (Phi) is 5.46. The Labute approximate surface area is 68.2 Å². The summed E-state index contributed by atoms with van der Waals surface area (Å²) in [5.74, 6) is 0.0695. The number of nitriles is 1. The average Bonchev–Trinajstić information content (AvgIpc) is 1.97. The molecule has 2 nitrogen and oxygen atoms in total. The minimum absolute atomic E-state index is 0.0487. The Morgan fingerprint density at radius 2 is 2.27 bits per heavy atom. The molecule has 0 rings (SSSR count). The van der Waals surface area contributed by atoms with Crippen molar-refractivity contribution >= 4 is 5.78 Å². The third-order valence-corrected chi connectivity index (χ3v) is 1.62. The van der Waals surface area contributed by atoms with Gasteiger partial charge in [-0.15, -0.1) is 0 Å². The lowest BCUT2D eigenvalue weighted by Gasteiger charge is -2.03. The molecule has 0 N–H and O–H groups in total. The van der Waals surface area contributed by atoms with E-state index in [2.05, 4.69) is 13.0 Å². The van der Waals surface area contributed by atoms with Gasteiger partial charge in [0.1, 0.15) is 5.78 Å². The van der Waals surface area contributed by atoms with Gasteiger partial charge in [0, 0.05) is 6.42 Å². The van der Waals surface area contributed by atoms with Crippen molar-refractivity contribution in [1.29, 1.82) is 5.26 Å². The summed E-state index contributed by atoms with van der Waals surface area (Å²) in [6.07, 6.45) is 3.44. The van der Waals surface area contributed by atoms with Crippen LogP contribution in [0, 0.1) is 17.2 Å². The summed E-state index contributed by atoms with van der Waals surface area (Å²) in [6, 6.07) is 2.15. The first-order valence-electron chi connectivity index (χ1n) is 4.09. The first-order chi connectivity index (χ1) is 5.20. The van der Waals surface area contributed by atoms with Crippen LogP contribution in [0.1, 0.15) is 39.5 Å². The molecule has 1 atom stereocenters. The topological polar surface area (TPSA) is 40.9 Å². The van der Waals surface area contributed by atoms with Gasteiger partial charge < -0.3 is 0 Å². The van der Waals surface area contributed by atoms with Crippen LogP contribution in [0.2, 0.25) is 0 Å². The van der Waals surface area contributed by atoms with Crippen LogP contribution in [0.25, 0.3) is 0 Å². The van der Waals surface area contributed by atoms with Crippen molar-refractivity contribution in [3.05, 3.63) is 0 Å². The molecule has 0 aromatic heterocycles. The van der Waals surface area contributed by atoms with Gasteiger partial charge in [-0.25, -0.2) is 0 Å². The van der Waals surface area contributed by atoms with E-state index in [-0.39, 0.29) is 11.7 Å². The molecule has 0 bridgehead atoms. The lowest BCUT2D eigenvalue weighted by atomic mass is 9.98. The Morgan fingerprint density at radius 1 is 1.64 bits per heavy atom. The van der Waals surface area contributed by atoms with Crippen molar-refractivity contribution in [3.8, 4) is 6.07 Å². The Balaban J connectivity index is 3.60. The monoisotopic (exact) mass is 153 g/mol. The standard InChI is InChI=1S/C9H15NO/c1-3-4-5-9(7-10)6-8(2)11/h9H,3-6H2,1-2H3. The van der Waals surface area contributed by atoms with Gasteiger partial charge in [0.25, 0.3) is 0 Å². The molecule has 0 saturated carbocycles. The second-order valence-electron chi connectivity index (χ2n) is 2.87. The predicted molar refractivity (Wildman–Crippen MR) is 43.9 cm³/mol. The third-order valence-electron chi connectivity index (χ3n) is 1.62.